The Bertz CT molecular complexity index is 522. The minimum Gasteiger partial charge on any atom is -0.372 e. The van der Waals surface area contributed by atoms with E-state index in [-0.39, 0.29) is 6.10 Å². The van der Waals surface area contributed by atoms with Crippen LogP contribution in [0.4, 0.5) is 0 Å². The van der Waals surface area contributed by atoms with E-state index in [9.17, 15) is 0 Å². The van der Waals surface area contributed by atoms with Crippen LogP contribution in [-0.4, -0.2) is 30.2 Å². The highest BCUT2D eigenvalue weighted by atomic mass is 16.5. The van der Waals surface area contributed by atoms with Crippen LogP contribution in [0, 0.1) is 0 Å². The second-order valence-corrected chi connectivity index (χ2v) is 4.48. The number of hydrogen-bond acceptors (Lipinski definition) is 3. The Kier molecular flexibility index (Phi) is 3.13. The molecule has 2 heterocycles. The van der Waals surface area contributed by atoms with Crippen molar-refractivity contribution in [3.8, 4) is 11.4 Å². The second kappa shape index (κ2) is 4.92. The van der Waals surface area contributed by atoms with Crippen LogP contribution in [0.25, 0.3) is 11.4 Å². The second-order valence-electron chi connectivity index (χ2n) is 4.48. The third-order valence-electron chi connectivity index (χ3n) is 3.37. The summed E-state index contributed by atoms with van der Waals surface area (Å²) in [5, 5.41) is 3.18. The van der Waals surface area contributed by atoms with Gasteiger partial charge in [0, 0.05) is 24.5 Å². The fourth-order valence-corrected chi connectivity index (χ4v) is 2.57. The number of likely N-dealkylation sites (N-methyl/N-ethyl adjacent to an activating group) is 1. The lowest BCUT2D eigenvalue weighted by atomic mass is 9.92. The summed E-state index contributed by atoms with van der Waals surface area (Å²) >= 11 is 0. The van der Waals surface area contributed by atoms with Crippen LogP contribution in [-0.2, 0) is 11.2 Å². The first-order valence-corrected chi connectivity index (χ1v) is 6.28. The van der Waals surface area contributed by atoms with Gasteiger partial charge >= 0.3 is 0 Å². The number of rotatable bonds is 3. The quantitative estimate of drug-likeness (QED) is 0.865. The van der Waals surface area contributed by atoms with E-state index in [0.29, 0.717) is 0 Å². The van der Waals surface area contributed by atoms with Crippen molar-refractivity contribution in [3.63, 3.8) is 0 Å². The van der Waals surface area contributed by atoms with Gasteiger partial charge in [0.2, 0.25) is 0 Å². The van der Waals surface area contributed by atoms with Gasteiger partial charge in [0.1, 0.15) is 5.82 Å². The summed E-state index contributed by atoms with van der Waals surface area (Å²) in [4.78, 5) is 7.54. The highest BCUT2D eigenvalue weighted by Gasteiger charge is 2.23. The van der Waals surface area contributed by atoms with E-state index < -0.39 is 0 Å². The molecule has 1 atom stereocenters. The topological polar surface area (TPSA) is 49.9 Å². The number of ether oxygens (including phenoxy) is 1. The predicted molar refractivity (Wildman–Crippen MR) is 70.3 cm³/mol. The zero-order valence-corrected chi connectivity index (χ0v) is 10.4. The smallest absolute Gasteiger partial charge is 0.137 e. The number of nitrogens with zero attached hydrogens (tertiary/aromatic N) is 1. The van der Waals surface area contributed by atoms with Crippen LogP contribution in [0.2, 0.25) is 0 Å². The Morgan fingerprint density at radius 3 is 3.22 bits per heavy atom. The molecule has 94 valence electrons. The molecule has 1 aromatic heterocycles. The molecule has 0 amide bonds. The largest absolute Gasteiger partial charge is 0.372 e. The molecule has 1 aromatic carbocycles. The normalized spacial score (nSPS) is 18.6. The number of aromatic amines is 1. The lowest BCUT2D eigenvalue weighted by Crippen LogP contribution is -2.25. The van der Waals surface area contributed by atoms with E-state index >= 15 is 0 Å². The Labute approximate surface area is 106 Å². The summed E-state index contributed by atoms with van der Waals surface area (Å²) in [7, 11) is 1.95. The molecule has 0 unspecified atom stereocenters. The molecule has 4 heteroatoms. The summed E-state index contributed by atoms with van der Waals surface area (Å²) in [5.41, 5.74) is 3.84. The van der Waals surface area contributed by atoms with Gasteiger partial charge in [-0.2, -0.15) is 0 Å². The predicted octanol–water partition coefficient (Wildman–Crippen LogP) is 1.91. The SMILES string of the molecule is CNC[C@@H]1OCCc2c(-c3ncc[nH]3)cccc21. The van der Waals surface area contributed by atoms with Crippen LogP contribution < -0.4 is 5.32 Å². The van der Waals surface area contributed by atoms with Gasteiger partial charge in [0.25, 0.3) is 0 Å². The molecule has 0 radical (unpaired) electrons. The molecule has 0 saturated heterocycles. The van der Waals surface area contributed by atoms with Gasteiger partial charge in [-0.05, 0) is 24.6 Å². The van der Waals surface area contributed by atoms with Crippen LogP contribution in [0.15, 0.2) is 30.6 Å². The maximum atomic E-state index is 5.82. The molecule has 0 bridgehead atoms. The number of imidazole rings is 1. The maximum Gasteiger partial charge on any atom is 0.137 e. The lowest BCUT2D eigenvalue weighted by molar-refractivity contribution is 0.0440. The number of H-pyrrole nitrogens is 1. The first kappa shape index (κ1) is 11.4. The van der Waals surface area contributed by atoms with Crippen molar-refractivity contribution >= 4 is 0 Å². The third kappa shape index (κ3) is 1.94. The van der Waals surface area contributed by atoms with Crippen molar-refractivity contribution in [2.75, 3.05) is 20.2 Å². The van der Waals surface area contributed by atoms with Crippen molar-refractivity contribution in [1.29, 1.82) is 0 Å². The minimum atomic E-state index is 0.147. The van der Waals surface area contributed by atoms with Crippen LogP contribution >= 0.6 is 0 Å². The fourth-order valence-electron chi connectivity index (χ4n) is 2.57. The van der Waals surface area contributed by atoms with Crippen molar-refractivity contribution < 1.29 is 4.74 Å². The van der Waals surface area contributed by atoms with Crippen LogP contribution in [0.1, 0.15) is 17.2 Å². The average molecular weight is 243 g/mol. The third-order valence-corrected chi connectivity index (χ3v) is 3.37. The molecule has 1 aliphatic rings. The van der Waals surface area contributed by atoms with Gasteiger partial charge in [-0.3, -0.25) is 0 Å². The summed E-state index contributed by atoms with van der Waals surface area (Å²) in [5.74, 6) is 0.942. The molecular weight excluding hydrogens is 226 g/mol. The van der Waals surface area contributed by atoms with Crippen molar-refractivity contribution in [3.05, 3.63) is 41.7 Å². The molecular formula is C14H17N3O. The first-order valence-electron chi connectivity index (χ1n) is 6.28. The van der Waals surface area contributed by atoms with Gasteiger partial charge in [-0.15, -0.1) is 0 Å². The molecule has 18 heavy (non-hydrogen) atoms. The number of aromatic nitrogens is 2. The van der Waals surface area contributed by atoms with Gasteiger partial charge in [-0.1, -0.05) is 18.2 Å². The number of benzene rings is 1. The Hall–Kier alpha value is -1.65. The number of nitrogens with one attached hydrogen (secondary N) is 2. The summed E-state index contributed by atoms with van der Waals surface area (Å²) in [6.45, 7) is 1.62. The minimum absolute atomic E-state index is 0.147. The monoisotopic (exact) mass is 243 g/mol. The van der Waals surface area contributed by atoms with Crippen LogP contribution in [0.5, 0.6) is 0 Å². The van der Waals surface area contributed by atoms with E-state index in [4.69, 9.17) is 4.74 Å². The highest BCUT2D eigenvalue weighted by Crippen LogP contribution is 2.32. The molecule has 0 spiro atoms. The molecule has 0 aliphatic carbocycles. The van der Waals surface area contributed by atoms with Crippen molar-refractivity contribution in [2.45, 2.75) is 12.5 Å². The van der Waals surface area contributed by atoms with E-state index in [1.54, 1.807) is 6.20 Å². The molecule has 2 aromatic rings. The summed E-state index contributed by atoms with van der Waals surface area (Å²) in [6.07, 6.45) is 4.75. The highest BCUT2D eigenvalue weighted by molar-refractivity contribution is 5.63. The zero-order chi connectivity index (χ0) is 12.4. The van der Waals surface area contributed by atoms with E-state index in [1.165, 1.54) is 16.7 Å². The Morgan fingerprint density at radius 2 is 2.44 bits per heavy atom. The average Bonchev–Trinajstić information content (AvgIpc) is 2.93. The maximum absolute atomic E-state index is 5.82. The van der Waals surface area contributed by atoms with Gasteiger partial charge < -0.3 is 15.0 Å². The number of hydrogen-bond donors (Lipinski definition) is 2. The molecule has 0 fully saturated rings. The van der Waals surface area contributed by atoms with Crippen molar-refractivity contribution in [1.82, 2.24) is 15.3 Å². The van der Waals surface area contributed by atoms with Gasteiger partial charge in [0.05, 0.1) is 12.7 Å². The standard InChI is InChI=1S/C14H17N3O/c1-15-9-13-11-3-2-4-12(10(11)5-8-18-13)14-16-6-7-17-14/h2-4,6-7,13,15H,5,8-9H2,1H3,(H,16,17)/t13-/m0/s1. The van der Waals surface area contributed by atoms with Gasteiger partial charge in [-0.25, -0.2) is 4.98 Å². The lowest BCUT2D eigenvalue weighted by Gasteiger charge is -2.27. The molecule has 1 aliphatic heterocycles. The Balaban J connectivity index is 2.06. The van der Waals surface area contributed by atoms with E-state index in [1.807, 2.05) is 13.2 Å². The zero-order valence-electron chi connectivity index (χ0n) is 10.4. The van der Waals surface area contributed by atoms with Crippen LogP contribution in [0.3, 0.4) is 0 Å². The summed E-state index contributed by atoms with van der Waals surface area (Å²) < 4.78 is 5.82. The van der Waals surface area contributed by atoms with E-state index in [2.05, 4.69) is 33.5 Å². The van der Waals surface area contributed by atoms with E-state index in [0.717, 1.165) is 25.4 Å². The molecule has 3 rings (SSSR count). The van der Waals surface area contributed by atoms with Crippen molar-refractivity contribution in [2.24, 2.45) is 0 Å². The fraction of sp³-hybridized carbons (Fsp3) is 0.357. The number of fused-ring (bicyclic) bond motifs is 1. The summed E-state index contributed by atoms with van der Waals surface area (Å²) in [6, 6.07) is 6.36. The Morgan fingerprint density at radius 1 is 1.50 bits per heavy atom. The molecule has 0 saturated carbocycles. The molecule has 4 nitrogen and oxygen atoms in total. The molecule has 2 N–H and O–H groups in total. The van der Waals surface area contributed by atoms with Gasteiger partial charge in [0.15, 0.2) is 0 Å². The first-order chi connectivity index (χ1) is 8.90.